The molecule has 17 heavy (non-hydrogen) atoms. The summed E-state index contributed by atoms with van der Waals surface area (Å²) in [5, 5.41) is 3.44. The van der Waals surface area contributed by atoms with Gasteiger partial charge >= 0.3 is 0 Å². The molecule has 0 radical (unpaired) electrons. The summed E-state index contributed by atoms with van der Waals surface area (Å²) in [5.41, 5.74) is 0.474. The van der Waals surface area contributed by atoms with Gasteiger partial charge in [0.15, 0.2) is 0 Å². The van der Waals surface area contributed by atoms with Crippen LogP contribution < -0.4 is 5.32 Å². The van der Waals surface area contributed by atoms with E-state index >= 15 is 0 Å². The minimum atomic E-state index is 0.122. The van der Waals surface area contributed by atoms with Crippen LogP contribution in [0.4, 0.5) is 0 Å². The van der Waals surface area contributed by atoms with Gasteiger partial charge in [0.25, 0.3) is 0 Å². The van der Waals surface area contributed by atoms with Crippen molar-refractivity contribution in [1.29, 1.82) is 0 Å². The Bertz CT molecular complexity index is 230. The summed E-state index contributed by atoms with van der Waals surface area (Å²) in [6.45, 7) is 11.3. The first-order valence-corrected chi connectivity index (χ1v) is 7.10. The summed E-state index contributed by atoms with van der Waals surface area (Å²) in [4.78, 5) is 0. The van der Waals surface area contributed by atoms with Gasteiger partial charge in [-0.15, -0.1) is 0 Å². The number of nitrogens with one attached hydrogen (secondary N) is 1. The predicted molar refractivity (Wildman–Crippen MR) is 74.3 cm³/mol. The first kappa shape index (κ1) is 15.0. The Morgan fingerprint density at radius 3 is 2.41 bits per heavy atom. The molecule has 1 heterocycles. The van der Waals surface area contributed by atoms with Gasteiger partial charge in [0.05, 0.1) is 11.7 Å². The molecule has 102 valence electrons. The molecular formula is C15H31NO. The fourth-order valence-corrected chi connectivity index (χ4v) is 2.84. The molecule has 1 rings (SSSR count). The van der Waals surface area contributed by atoms with Crippen LogP contribution in [0, 0.1) is 5.41 Å². The number of hydrogen-bond donors (Lipinski definition) is 1. The molecule has 0 spiro atoms. The zero-order valence-electron chi connectivity index (χ0n) is 12.6. The van der Waals surface area contributed by atoms with Crippen molar-refractivity contribution in [3.63, 3.8) is 0 Å². The zero-order valence-corrected chi connectivity index (χ0v) is 12.6. The molecule has 1 N–H and O–H groups in total. The van der Waals surface area contributed by atoms with E-state index in [4.69, 9.17) is 4.74 Å². The lowest BCUT2D eigenvalue weighted by atomic mass is 9.83. The molecule has 0 aromatic rings. The van der Waals surface area contributed by atoms with E-state index in [0.717, 1.165) is 0 Å². The summed E-state index contributed by atoms with van der Waals surface area (Å²) in [5.74, 6) is 0. The van der Waals surface area contributed by atoms with Crippen molar-refractivity contribution in [2.75, 3.05) is 7.05 Å². The Hall–Kier alpha value is -0.0800. The third kappa shape index (κ3) is 4.97. The predicted octanol–water partition coefficient (Wildman–Crippen LogP) is 3.75. The second kappa shape index (κ2) is 5.71. The van der Waals surface area contributed by atoms with Gasteiger partial charge < -0.3 is 10.1 Å². The normalized spacial score (nSPS) is 26.1. The van der Waals surface area contributed by atoms with Crippen molar-refractivity contribution < 1.29 is 4.74 Å². The Morgan fingerprint density at radius 1 is 1.35 bits per heavy atom. The summed E-state index contributed by atoms with van der Waals surface area (Å²) < 4.78 is 6.03. The molecule has 0 aliphatic carbocycles. The lowest BCUT2D eigenvalue weighted by Crippen LogP contribution is -2.38. The molecule has 0 aromatic heterocycles. The third-order valence-electron chi connectivity index (χ3n) is 3.97. The fraction of sp³-hybridized carbons (Fsp3) is 1.00. The van der Waals surface area contributed by atoms with E-state index in [1.165, 1.54) is 32.1 Å². The van der Waals surface area contributed by atoms with Gasteiger partial charge in [-0.25, -0.2) is 0 Å². The van der Waals surface area contributed by atoms with E-state index < -0.39 is 0 Å². The van der Waals surface area contributed by atoms with Gasteiger partial charge in [0.2, 0.25) is 0 Å². The van der Waals surface area contributed by atoms with Gasteiger partial charge in [-0.2, -0.15) is 0 Å². The molecule has 0 saturated carbocycles. The van der Waals surface area contributed by atoms with Gasteiger partial charge in [0, 0.05) is 6.04 Å². The first-order chi connectivity index (χ1) is 7.74. The molecule has 0 bridgehead atoms. The van der Waals surface area contributed by atoms with Crippen molar-refractivity contribution >= 4 is 0 Å². The molecule has 0 aromatic carbocycles. The van der Waals surface area contributed by atoms with E-state index in [1.807, 2.05) is 0 Å². The second-order valence-corrected chi connectivity index (χ2v) is 7.18. The van der Waals surface area contributed by atoms with Crippen molar-refractivity contribution in [1.82, 2.24) is 5.32 Å². The topological polar surface area (TPSA) is 21.3 Å². The highest BCUT2D eigenvalue weighted by Gasteiger charge is 2.31. The number of hydrogen-bond acceptors (Lipinski definition) is 2. The maximum absolute atomic E-state index is 6.03. The number of ether oxygens (including phenoxy) is 1. The highest BCUT2D eigenvalue weighted by atomic mass is 16.5. The van der Waals surface area contributed by atoms with Crippen LogP contribution in [-0.2, 0) is 4.74 Å². The Labute approximate surface area is 108 Å². The Balaban J connectivity index is 2.24. The Kier molecular flexibility index (Phi) is 5.03. The molecular weight excluding hydrogens is 210 g/mol. The zero-order chi connectivity index (χ0) is 13.1. The van der Waals surface area contributed by atoms with E-state index in [2.05, 4.69) is 47.0 Å². The van der Waals surface area contributed by atoms with Crippen LogP contribution in [0.3, 0.4) is 0 Å². The van der Waals surface area contributed by atoms with Crippen LogP contribution in [0.2, 0.25) is 0 Å². The van der Waals surface area contributed by atoms with E-state index in [9.17, 15) is 0 Å². The van der Waals surface area contributed by atoms with Crippen molar-refractivity contribution in [3.8, 4) is 0 Å². The molecule has 2 atom stereocenters. The summed E-state index contributed by atoms with van der Waals surface area (Å²) in [6, 6.07) is 0.608. The highest BCUT2D eigenvalue weighted by molar-refractivity contribution is 4.83. The van der Waals surface area contributed by atoms with Gasteiger partial charge in [-0.1, -0.05) is 20.8 Å². The van der Waals surface area contributed by atoms with E-state index in [-0.39, 0.29) is 5.60 Å². The Morgan fingerprint density at radius 2 is 2.00 bits per heavy atom. The monoisotopic (exact) mass is 241 g/mol. The molecule has 0 amide bonds. The molecule has 1 fully saturated rings. The minimum absolute atomic E-state index is 0.122. The average Bonchev–Trinajstić information content (AvgIpc) is 2.51. The first-order valence-electron chi connectivity index (χ1n) is 7.10. The molecule has 1 aliphatic heterocycles. The molecule has 1 aliphatic rings. The second-order valence-electron chi connectivity index (χ2n) is 7.18. The average molecular weight is 241 g/mol. The van der Waals surface area contributed by atoms with Crippen LogP contribution >= 0.6 is 0 Å². The molecule has 2 unspecified atom stereocenters. The van der Waals surface area contributed by atoms with Crippen molar-refractivity contribution in [3.05, 3.63) is 0 Å². The van der Waals surface area contributed by atoms with Crippen LogP contribution in [0.1, 0.15) is 66.7 Å². The maximum Gasteiger partial charge on any atom is 0.0631 e. The van der Waals surface area contributed by atoms with Crippen molar-refractivity contribution in [2.24, 2.45) is 5.41 Å². The van der Waals surface area contributed by atoms with Crippen LogP contribution in [0.15, 0.2) is 0 Å². The third-order valence-corrected chi connectivity index (χ3v) is 3.97. The van der Waals surface area contributed by atoms with Crippen LogP contribution in [0.25, 0.3) is 0 Å². The summed E-state index contributed by atoms with van der Waals surface area (Å²) in [7, 11) is 2.07. The lowest BCUT2D eigenvalue weighted by molar-refractivity contribution is -0.0195. The highest BCUT2D eigenvalue weighted by Crippen LogP contribution is 2.32. The van der Waals surface area contributed by atoms with E-state index in [1.54, 1.807) is 0 Å². The smallest absolute Gasteiger partial charge is 0.0631 e. The summed E-state index contributed by atoms with van der Waals surface area (Å²) >= 11 is 0. The molecule has 2 nitrogen and oxygen atoms in total. The van der Waals surface area contributed by atoms with Crippen molar-refractivity contribution in [2.45, 2.75) is 84.5 Å². The largest absolute Gasteiger partial charge is 0.372 e. The van der Waals surface area contributed by atoms with E-state index in [0.29, 0.717) is 17.6 Å². The lowest BCUT2D eigenvalue weighted by Gasteiger charge is -2.30. The number of rotatable bonds is 5. The summed E-state index contributed by atoms with van der Waals surface area (Å²) in [6.07, 6.45) is 6.70. The van der Waals surface area contributed by atoms with Gasteiger partial charge in [-0.3, -0.25) is 0 Å². The van der Waals surface area contributed by atoms with Crippen LogP contribution in [0.5, 0.6) is 0 Å². The van der Waals surface area contributed by atoms with Crippen LogP contribution in [-0.4, -0.2) is 24.8 Å². The maximum atomic E-state index is 6.03. The van der Waals surface area contributed by atoms with Gasteiger partial charge in [0.1, 0.15) is 0 Å². The molecule has 1 saturated heterocycles. The quantitative estimate of drug-likeness (QED) is 0.791. The minimum Gasteiger partial charge on any atom is -0.372 e. The standard InChI is InChI=1S/C15H31NO/c1-14(2,3)13(16-6)9-7-8-12-10-11-15(4,5)17-12/h12-13,16H,7-11H2,1-6H3. The SMILES string of the molecule is CNC(CCCC1CCC(C)(C)O1)C(C)(C)C. The fourth-order valence-electron chi connectivity index (χ4n) is 2.84. The molecule has 2 heteroatoms. The van der Waals surface area contributed by atoms with Gasteiger partial charge in [-0.05, 0) is 58.4 Å².